The highest BCUT2D eigenvalue weighted by Gasteiger charge is 2.19. The molecule has 0 unspecified atom stereocenters. The third-order valence-corrected chi connectivity index (χ3v) is 6.65. The van der Waals surface area contributed by atoms with E-state index in [1.54, 1.807) is 0 Å². The topological polar surface area (TPSA) is 130 Å². The highest BCUT2D eigenvalue weighted by atomic mass is 16.5. The quantitative estimate of drug-likeness (QED) is 0.450. The minimum atomic E-state index is -0.395. The number of morpholine rings is 1. The van der Waals surface area contributed by atoms with Gasteiger partial charge in [-0.15, -0.1) is 0 Å². The Balaban J connectivity index is 1.50. The van der Waals surface area contributed by atoms with E-state index in [1.165, 1.54) is 12.4 Å². The first kappa shape index (κ1) is 27.2. The number of ether oxygens (including phenoxy) is 1. The lowest BCUT2D eigenvalue weighted by Crippen LogP contribution is -2.46. The number of likely N-dealkylation sites (N-methyl/N-ethyl adjacent to an activating group) is 2. The molecule has 2 aromatic rings. The normalized spacial score (nSPS) is 15.1. The van der Waals surface area contributed by atoms with Gasteiger partial charge in [0.15, 0.2) is 11.5 Å². The molecule has 2 aliphatic rings. The average molecular weight is 521 g/mol. The Labute approximate surface area is 222 Å². The Morgan fingerprint density at radius 3 is 2.68 bits per heavy atom. The van der Waals surface area contributed by atoms with Gasteiger partial charge < -0.3 is 25.6 Å². The largest absolute Gasteiger partial charge is 0.382 e. The molecule has 0 atom stereocenters. The van der Waals surface area contributed by atoms with E-state index in [9.17, 15) is 9.59 Å². The Morgan fingerprint density at radius 1 is 1.16 bits per heavy atom. The number of carbonyl (C=O) groups is 2. The van der Waals surface area contributed by atoms with Gasteiger partial charge in [-0.3, -0.25) is 14.5 Å². The van der Waals surface area contributed by atoms with E-state index in [0.717, 1.165) is 33.9 Å². The van der Waals surface area contributed by atoms with Crippen molar-refractivity contribution >= 4 is 35.1 Å². The molecule has 38 heavy (non-hydrogen) atoms. The van der Waals surface area contributed by atoms with Crippen LogP contribution in [0.5, 0.6) is 0 Å². The first-order chi connectivity index (χ1) is 18.3. The Morgan fingerprint density at radius 2 is 1.92 bits per heavy atom. The molecule has 2 amide bonds. The van der Waals surface area contributed by atoms with Gasteiger partial charge in [-0.1, -0.05) is 18.2 Å². The van der Waals surface area contributed by atoms with Crippen molar-refractivity contribution < 1.29 is 14.3 Å². The van der Waals surface area contributed by atoms with Crippen LogP contribution in [0.1, 0.15) is 29.4 Å². The van der Waals surface area contributed by atoms with Gasteiger partial charge in [-0.05, 0) is 37.3 Å². The summed E-state index contributed by atoms with van der Waals surface area (Å²) in [6, 6.07) is 2.08. The third kappa shape index (κ3) is 6.73. The predicted octanol–water partition coefficient (Wildman–Crippen LogP) is -0.478. The van der Waals surface area contributed by atoms with Crippen LogP contribution in [0.2, 0.25) is 0 Å². The minimum absolute atomic E-state index is 0.0849. The van der Waals surface area contributed by atoms with E-state index in [0.29, 0.717) is 45.9 Å². The molecule has 3 N–H and O–H groups in total. The number of rotatable bonds is 9. The van der Waals surface area contributed by atoms with E-state index < -0.39 is 5.91 Å². The Kier molecular flexibility index (Phi) is 9.03. The van der Waals surface area contributed by atoms with Crippen LogP contribution in [-0.2, 0) is 16.1 Å². The summed E-state index contributed by atoms with van der Waals surface area (Å²) in [6.07, 6.45) is 10.0. The van der Waals surface area contributed by atoms with Crippen molar-refractivity contribution in [2.45, 2.75) is 19.9 Å². The number of aromatic nitrogens is 3. The van der Waals surface area contributed by atoms with Crippen LogP contribution >= 0.6 is 0 Å². The van der Waals surface area contributed by atoms with E-state index >= 15 is 0 Å². The zero-order valence-corrected chi connectivity index (χ0v) is 22.3. The van der Waals surface area contributed by atoms with Crippen molar-refractivity contribution in [1.29, 1.82) is 0 Å². The number of pyridine rings is 1. The number of anilines is 2. The maximum atomic E-state index is 12.8. The molecule has 3 heterocycles. The van der Waals surface area contributed by atoms with Gasteiger partial charge >= 0.3 is 0 Å². The zero-order chi connectivity index (χ0) is 27.1. The summed E-state index contributed by atoms with van der Waals surface area (Å²) in [4.78, 5) is 44.4. The molecule has 11 nitrogen and oxygen atoms in total. The lowest BCUT2D eigenvalue weighted by atomic mass is 10.1. The van der Waals surface area contributed by atoms with Crippen LogP contribution in [-0.4, -0.2) is 96.6 Å². The number of nitrogens with two attached hydrogens (primary N) is 1. The number of amides is 2. The molecule has 1 saturated heterocycles. The molecule has 11 heteroatoms. The molecule has 4 rings (SSSR count). The summed E-state index contributed by atoms with van der Waals surface area (Å²) in [5, 5.41) is 4.87. The first-order valence-corrected chi connectivity index (χ1v) is 12.8. The van der Waals surface area contributed by atoms with Gasteiger partial charge in [0.05, 0.1) is 25.1 Å². The highest BCUT2D eigenvalue weighted by Crippen LogP contribution is 2.15. The summed E-state index contributed by atoms with van der Waals surface area (Å²) in [5.74, 6) is 0.573. The molecule has 1 aliphatic heterocycles. The highest BCUT2D eigenvalue weighted by molar-refractivity contribution is 5.96. The van der Waals surface area contributed by atoms with Crippen LogP contribution in [0.4, 0.5) is 11.6 Å². The van der Waals surface area contributed by atoms with Crippen molar-refractivity contribution in [3.05, 3.63) is 52.4 Å². The molecule has 0 bridgehead atoms. The summed E-state index contributed by atoms with van der Waals surface area (Å²) < 4.78 is 5.35. The van der Waals surface area contributed by atoms with Gasteiger partial charge in [-0.2, -0.15) is 0 Å². The summed E-state index contributed by atoms with van der Waals surface area (Å²) in [5.41, 5.74) is 7.89. The lowest BCUT2D eigenvalue weighted by molar-refractivity contribution is -0.136. The summed E-state index contributed by atoms with van der Waals surface area (Å²) in [6.45, 7) is 6.43. The fourth-order valence-electron chi connectivity index (χ4n) is 4.45. The second kappa shape index (κ2) is 12.6. The van der Waals surface area contributed by atoms with E-state index in [4.69, 9.17) is 15.5 Å². The maximum absolute atomic E-state index is 12.8. The number of allylic oxidation sites excluding steroid dienone is 2. The molecular weight excluding hydrogens is 484 g/mol. The van der Waals surface area contributed by atoms with Crippen LogP contribution in [0.15, 0.2) is 30.6 Å². The number of hydrogen-bond donors (Lipinski definition) is 2. The number of fused-ring (bicyclic) bond motifs is 1. The molecule has 2 aromatic heterocycles. The maximum Gasteiger partial charge on any atom is 0.273 e. The first-order valence-electron chi connectivity index (χ1n) is 12.8. The molecule has 0 radical (unpaired) electrons. The molecule has 0 aromatic carbocycles. The lowest BCUT2D eigenvalue weighted by Gasteiger charge is -2.29. The summed E-state index contributed by atoms with van der Waals surface area (Å²) >= 11 is 0. The minimum Gasteiger partial charge on any atom is -0.382 e. The molecule has 0 spiro atoms. The van der Waals surface area contributed by atoms with Crippen LogP contribution < -0.4 is 26.5 Å². The molecule has 1 fully saturated rings. The molecular formula is C27H36N8O3. The van der Waals surface area contributed by atoms with Crippen LogP contribution in [0.3, 0.4) is 0 Å². The van der Waals surface area contributed by atoms with Crippen LogP contribution in [0.25, 0.3) is 11.6 Å². The third-order valence-electron chi connectivity index (χ3n) is 6.65. The van der Waals surface area contributed by atoms with E-state index in [1.807, 2.05) is 23.9 Å². The number of hydrogen-bond acceptors (Lipinski definition) is 9. The smallest absolute Gasteiger partial charge is 0.273 e. The van der Waals surface area contributed by atoms with Crippen molar-refractivity contribution in [2.75, 3.05) is 70.7 Å². The van der Waals surface area contributed by atoms with Gasteiger partial charge in [0, 0.05) is 57.7 Å². The van der Waals surface area contributed by atoms with E-state index in [2.05, 4.69) is 51.4 Å². The Hall–Kier alpha value is -3.83. The van der Waals surface area contributed by atoms with Crippen molar-refractivity contribution in [2.24, 2.45) is 0 Å². The average Bonchev–Trinajstić information content (AvgIpc) is 3.11. The van der Waals surface area contributed by atoms with Crippen molar-refractivity contribution in [3.8, 4) is 0 Å². The fraction of sp³-hybridized carbons (Fsp3) is 0.444. The van der Waals surface area contributed by atoms with Crippen LogP contribution in [0, 0.1) is 0 Å². The second-order valence-corrected chi connectivity index (χ2v) is 9.56. The SMILES string of the molecule is CC1=c2nc(N(C)CCN(C)CC(=O)N3CCOCC3)c(CNC(=O)c3nccnc3N)cc2=CCC=C1. The second-order valence-electron chi connectivity index (χ2n) is 9.56. The number of nitrogen functional groups attached to an aromatic ring is 1. The van der Waals surface area contributed by atoms with Crippen molar-refractivity contribution in [3.63, 3.8) is 0 Å². The summed E-state index contributed by atoms with van der Waals surface area (Å²) in [7, 11) is 3.92. The molecule has 202 valence electrons. The van der Waals surface area contributed by atoms with Crippen molar-refractivity contribution in [1.82, 2.24) is 30.1 Å². The number of nitrogens with one attached hydrogen (secondary N) is 1. The van der Waals surface area contributed by atoms with Gasteiger partial charge in [0.2, 0.25) is 5.91 Å². The zero-order valence-electron chi connectivity index (χ0n) is 22.3. The number of carbonyl (C=O) groups excluding carboxylic acids is 2. The fourth-order valence-corrected chi connectivity index (χ4v) is 4.45. The molecule has 1 aliphatic carbocycles. The van der Waals surface area contributed by atoms with Gasteiger partial charge in [0.1, 0.15) is 5.82 Å². The van der Waals surface area contributed by atoms with Gasteiger partial charge in [0.25, 0.3) is 5.91 Å². The van der Waals surface area contributed by atoms with E-state index in [-0.39, 0.29) is 24.0 Å². The molecule has 0 saturated carbocycles. The Bertz CT molecular complexity index is 1320. The van der Waals surface area contributed by atoms with Gasteiger partial charge in [-0.25, -0.2) is 15.0 Å². The monoisotopic (exact) mass is 520 g/mol. The predicted molar refractivity (Wildman–Crippen MR) is 147 cm³/mol. The standard InChI is InChI=1S/C27H36N8O3/c1-19-6-4-5-7-20-16-21(17-31-27(37)24-25(28)30-9-8-29-24)26(32-23(19)20)34(3)11-10-33(2)18-22(36)35-12-14-38-15-13-35/h4,6-9,16H,5,10-15,17-18H2,1-3H3,(H2,28,30)(H,31,37). The number of nitrogens with zero attached hydrogens (tertiary/aromatic N) is 6.